The van der Waals surface area contributed by atoms with Crippen LogP contribution in [0.15, 0.2) is 84.0 Å². The summed E-state index contributed by atoms with van der Waals surface area (Å²) in [6.07, 6.45) is 2.24. The zero-order chi connectivity index (χ0) is 36.2. The number of nitrogens with one attached hydrogen (secondary N) is 4. The number of para-hydroxylation sites is 1. The predicted octanol–water partition coefficient (Wildman–Crippen LogP) is 0.527. The van der Waals surface area contributed by atoms with Gasteiger partial charge in [0.25, 0.3) is 0 Å². The largest absolute Gasteiger partial charge is 0.508 e. The molecule has 15 heteroatoms. The minimum Gasteiger partial charge on any atom is -0.508 e. The number of amides is 3. The number of aliphatic carboxylic acids is 1. The van der Waals surface area contributed by atoms with E-state index in [1.165, 1.54) is 36.4 Å². The Bertz CT molecular complexity index is 1800. The molecule has 15 nitrogen and oxygen atoms in total. The molecule has 3 amide bonds. The SMILES string of the molecule is NC(N)=NCCCC(N)C(=O)NC(Cc1c[nH]c2ccccc12)C(=O)NC(Cc1ccc(O)cc1)C(=O)NC(Cc1ccc(O)cc1)C(=O)O. The van der Waals surface area contributed by atoms with Crippen LogP contribution in [-0.2, 0) is 38.4 Å². The van der Waals surface area contributed by atoms with Crippen LogP contribution in [0, 0.1) is 0 Å². The van der Waals surface area contributed by atoms with Crippen molar-refractivity contribution in [1.82, 2.24) is 20.9 Å². The summed E-state index contributed by atoms with van der Waals surface area (Å²) < 4.78 is 0. The van der Waals surface area contributed by atoms with Crippen LogP contribution in [0.1, 0.15) is 29.5 Å². The van der Waals surface area contributed by atoms with Crippen LogP contribution in [0.3, 0.4) is 0 Å². The number of rotatable bonds is 17. The summed E-state index contributed by atoms with van der Waals surface area (Å²) in [4.78, 5) is 60.2. The highest BCUT2D eigenvalue weighted by Crippen LogP contribution is 2.20. The van der Waals surface area contributed by atoms with Crippen LogP contribution in [0.5, 0.6) is 11.5 Å². The molecule has 0 fully saturated rings. The van der Waals surface area contributed by atoms with Crippen molar-refractivity contribution >= 4 is 40.6 Å². The Balaban J connectivity index is 1.58. The third kappa shape index (κ3) is 10.7. The quantitative estimate of drug-likeness (QED) is 0.0418. The molecule has 4 atom stereocenters. The zero-order valence-corrected chi connectivity index (χ0v) is 27.2. The van der Waals surface area contributed by atoms with Gasteiger partial charge in [0.1, 0.15) is 29.6 Å². The van der Waals surface area contributed by atoms with Crippen molar-refractivity contribution in [2.45, 2.75) is 56.3 Å². The standard InChI is InChI=1S/C35H42N8O7/c36-26(5-3-15-39-35(37)38)31(46)41-29(18-22-19-40-27-6-2-1-4-25(22)27)33(48)42-28(16-20-7-11-23(44)12-8-20)32(47)43-30(34(49)50)17-21-9-13-24(45)14-10-21/h1-2,4,6-14,19,26,28-30,40,44-45H,3,5,15-18,36H2,(H,41,46)(H,42,48)(H,43,47)(H,49,50)(H4,37,38,39). The monoisotopic (exact) mass is 686 g/mol. The van der Waals surface area contributed by atoms with E-state index in [4.69, 9.17) is 17.2 Å². The van der Waals surface area contributed by atoms with Gasteiger partial charge in [-0.3, -0.25) is 19.4 Å². The molecule has 0 bridgehead atoms. The fraction of sp³-hybridized carbons (Fsp3) is 0.286. The second-order valence-corrected chi connectivity index (χ2v) is 11.9. The number of aromatic amines is 1. The van der Waals surface area contributed by atoms with Crippen molar-refractivity contribution in [3.8, 4) is 11.5 Å². The number of carbonyl (C=O) groups excluding carboxylic acids is 3. The zero-order valence-electron chi connectivity index (χ0n) is 27.2. The summed E-state index contributed by atoms with van der Waals surface area (Å²) in [5.74, 6) is -3.49. The number of aromatic hydroxyl groups is 2. The van der Waals surface area contributed by atoms with E-state index in [0.717, 1.165) is 16.5 Å². The molecule has 0 saturated carbocycles. The molecule has 0 radical (unpaired) electrons. The van der Waals surface area contributed by atoms with Crippen LogP contribution in [0.4, 0.5) is 0 Å². The molecular weight excluding hydrogens is 644 g/mol. The molecule has 264 valence electrons. The maximum absolute atomic E-state index is 14.0. The van der Waals surface area contributed by atoms with Crippen molar-refractivity contribution in [2.75, 3.05) is 6.54 Å². The first-order valence-corrected chi connectivity index (χ1v) is 15.9. The van der Waals surface area contributed by atoms with E-state index in [9.17, 15) is 34.5 Å². The third-order valence-electron chi connectivity index (χ3n) is 8.04. The first-order valence-electron chi connectivity index (χ1n) is 15.9. The Kier molecular flexibility index (Phi) is 12.7. The molecular formula is C35H42N8O7. The maximum atomic E-state index is 14.0. The number of phenolic OH excluding ortho intramolecular Hbond substituents is 2. The van der Waals surface area contributed by atoms with Crippen molar-refractivity contribution in [3.05, 3.63) is 95.7 Å². The summed E-state index contributed by atoms with van der Waals surface area (Å²) >= 11 is 0. The van der Waals surface area contributed by atoms with E-state index in [1.807, 2.05) is 24.3 Å². The third-order valence-corrected chi connectivity index (χ3v) is 8.04. The molecule has 4 aromatic rings. The first kappa shape index (κ1) is 36.7. The van der Waals surface area contributed by atoms with Gasteiger partial charge >= 0.3 is 5.97 Å². The minimum absolute atomic E-state index is 0.00233. The van der Waals surface area contributed by atoms with Crippen LogP contribution < -0.4 is 33.2 Å². The number of H-pyrrole nitrogens is 1. The molecule has 13 N–H and O–H groups in total. The van der Waals surface area contributed by atoms with Crippen molar-refractivity contribution in [2.24, 2.45) is 22.2 Å². The molecule has 4 unspecified atom stereocenters. The second kappa shape index (κ2) is 17.3. The van der Waals surface area contributed by atoms with E-state index in [2.05, 4.69) is 25.9 Å². The first-order chi connectivity index (χ1) is 23.9. The lowest BCUT2D eigenvalue weighted by molar-refractivity contribution is -0.142. The number of carbonyl (C=O) groups is 4. The molecule has 0 spiro atoms. The molecule has 1 heterocycles. The normalized spacial score (nSPS) is 13.4. The number of phenols is 2. The van der Waals surface area contributed by atoms with Crippen LogP contribution in [-0.4, -0.2) is 80.7 Å². The Morgan fingerprint density at radius 3 is 1.82 bits per heavy atom. The number of carboxylic acids is 1. The summed E-state index contributed by atoms with van der Waals surface area (Å²) in [5.41, 5.74) is 19.5. The molecule has 4 rings (SSSR count). The van der Waals surface area contributed by atoms with E-state index in [1.54, 1.807) is 18.3 Å². The lowest BCUT2D eigenvalue weighted by Gasteiger charge is -2.25. The number of aromatic nitrogens is 1. The van der Waals surface area contributed by atoms with Gasteiger partial charge in [-0.15, -0.1) is 0 Å². The molecule has 3 aromatic carbocycles. The van der Waals surface area contributed by atoms with Crippen LogP contribution in [0.25, 0.3) is 10.9 Å². The molecule has 1 aromatic heterocycles. The number of benzene rings is 3. The summed E-state index contributed by atoms with van der Waals surface area (Å²) in [7, 11) is 0. The Morgan fingerprint density at radius 1 is 0.720 bits per heavy atom. The Morgan fingerprint density at radius 2 is 1.24 bits per heavy atom. The van der Waals surface area contributed by atoms with Gasteiger partial charge in [-0.25, -0.2) is 4.79 Å². The smallest absolute Gasteiger partial charge is 0.326 e. The van der Waals surface area contributed by atoms with Crippen molar-refractivity contribution in [1.29, 1.82) is 0 Å². The van der Waals surface area contributed by atoms with Crippen LogP contribution in [0.2, 0.25) is 0 Å². The van der Waals surface area contributed by atoms with Gasteiger partial charge in [0, 0.05) is 42.9 Å². The van der Waals surface area contributed by atoms with E-state index in [0.29, 0.717) is 17.5 Å². The highest BCUT2D eigenvalue weighted by molar-refractivity contribution is 5.95. The number of guanidine groups is 1. The van der Waals surface area contributed by atoms with Crippen molar-refractivity contribution < 1.29 is 34.5 Å². The molecule has 50 heavy (non-hydrogen) atoms. The molecule has 0 aliphatic heterocycles. The average molecular weight is 687 g/mol. The van der Waals surface area contributed by atoms with Gasteiger partial charge in [0.2, 0.25) is 17.7 Å². The van der Waals surface area contributed by atoms with E-state index in [-0.39, 0.29) is 49.7 Å². The maximum Gasteiger partial charge on any atom is 0.326 e. The van der Waals surface area contributed by atoms with Gasteiger partial charge in [0.05, 0.1) is 6.04 Å². The number of hydrogen-bond acceptors (Lipinski definition) is 8. The van der Waals surface area contributed by atoms with Gasteiger partial charge in [-0.1, -0.05) is 42.5 Å². The number of fused-ring (bicyclic) bond motifs is 1. The number of nitrogens with zero attached hydrogens (tertiary/aromatic N) is 1. The van der Waals surface area contributed by atoms with E-state index < -0.39 is 47.9 Å². The summed E-state index contributed by atoms with van der Waals surface area (Å²) in [6, 6.07) is 14.5. The predicted molar refractivity (Wildman–Crippen MR) is 187 cm³/mol. The molecule has 0 saturated heterocycles. The second-order valence-electron chi connectivity index (χ2n) is 11.9. The Labute approximate surface area is 288 Å². The number of carboxylic acid groups (broad SMARTS) is 1. The number of aliphatic imine (C=N–C) groups is 1. The number of nitrogens with two attached hydrogens (primary N) is 3. The van der Waals surface area contributed by atoms with Crippen molar-refractivity contribution in [3.63, 3.8) is 0 Å². The number of hydrogen-bond donors (Lipinski definition) is 10. The van der Waals surface area contributed by atoms with Gasteiger partial charge in [0.15, 0.2) is 5.96 Å². The highest BCUT2D eigenvalue weighted by atomic mass is 16.4. The average Bonchev–Trinajstić information content (AvgIpc) is 3.49. The topological polar surface area (TPSA) is 271 Å². The fourth-order valence-corrected chi connectivity index (χ4v) is 5.35. The minimum atomic E-state index is -1.37. The molecule has 0 aliphatic carbocycles. The van der Waals surface area contributed by atoms with Gasteiger partial charge in [-0.05, 0) is 59.9 Å². The molecule has 0 aliphatic rings. The van der Waals surface area contributed by atoms with Crippen LogP contribution >= 0.6 is 0 Å². The summed E-state index contributed by atoms with van der Waals surface area (Å²) in [6.45, 7) is 0.265. The van der Waals surface area contributed by atoms with E-state index >= 15 is 0 Å². The Hall–Kier alpha value is -6.09. The highest BCUT2D eigenvalue weighted by Gasteiger charge is 2.31. The van der Waals surface area contributed by atoms with Gasteiger partial charge < -0.3 is 53.5 Å². The fourth-order valence-electron chi connectivity index (χ4n) is 5.35. The summed E-state index contributed by atoms with van der Waals surface area (Å²) in [5, 5.41) is 38.1. The lowest BCUT2D eigenvalue weighted by Crippen LogP contribution is -2.58. The lowest BCUT2D eigenvalue weighted by atomic mass is 10.0. The van der Waals surface area contributed by atoms with Gasteiger partial charge in [-0.2, -0.15) is 0 Å².